The van der Waals surface area contributed by atoms with Gasteiger partial charge in [-0.25, -0.2) is 0 Å². The highest BCUT2D eigenvalue weighted by molar-refractivity contribution is 6.72. The summed E-state index contributed by atoms with van der Waals surface area (Å²) >= 11 is 0. The van der Waals surface area contributed by atoms with E-state index in [4.69, 9.17) is 0 Å². The fourth-order valence-corrected chi connectivity index (χ4v) is 4.97. The maximum atomic E-state index is 13.2. The van der Waals surface area contributed by atoms with E-state index in [-0.39, 0.29) is 5.78 Å². The van der Waals surface area contributed by atoms with Crippen LogP contribution in [0.2, 0.25) is 13.1 Å². The molecule has 2 nitrogen and oxygen atoms in total. The van der Waals surface area contributed by atoms with Gasteiger partial charge >= 0.3 is 0 Å². The molecule has 0 saturated heterocycles. The molecule has 0 spiro atoms. The van der Waals surface area contributed by atoms with Crippen LogP contribution in [0.15, 0.2) is 72.8 Å². The molecule has 28 heavy (non-hydrogen) atoms. The molecule has 0 unspecified atom stereocenters. The predicted octanol–water partition coefficient (Wildman–Crippen LogP) is 5.12. The Labute approximate surface area is 170 Å². The Morgan fingerprint density at radius 1 is 0.821 bits per heavy atom. The molecule has 0 aliphatic heterocycles. The number of benzene rings is 3. The summed E-state index contributed by atoms with van der Waals surface area (Å²) < 4.78 is 0. The molecule has 3 aromatic rings. The first-order valence-electron chi connectivity index (χ1n) is 10.1. The van der Waals surface area contributed by atoms with E-state index >= 15 is 0 Å². The van der Waals surface area contributed by atoms with Crippen molar-refractivity contribution in [1.82, 2.24) is 0 Å². The van der Waals surface area contributed by atoms with Crippen LogP contribution in [-0.2, 0) is 0 Å². The first-order chi connectivity index (χ1) is 13.5. The standard InChI is InChI=1S/C25H29NOSi/c1-5-26(6-2)22-16-17-23(24(18-22)28(3)4)25(27)21-14-12-20(13-15-21)19-10-8-7-9-11-19/h7-18,28H,5-6H2,1-4H3. The molecule has 3 rings (SSSR count). The second-order valence-electron chi connectivity index (χ2n) is 7.37. The number of hydrogen-bond acceptors (Lipinski definition) is 2. The zero-order valence-electron chi connectivity index (χ0n) is 17.3. The highest BCUT2D eigenvalue weighted by Crippen LogP contribution is 2.21. The molecule has 0 aliphatic rings. The van der Waals surface area contributed by atoms with Crippen LogP contribution in [0.1, 0.15) is 29.8 Å². The van der Waals surface area contributed by atoms with Gasteiger partial charge in [0.25, 0.3) is 0 Å². The Hall–Kier alpha value is -2.65. The van der Waals surface area contributed by atoms with Crippen molar-refractivity contribution in [3.63, 3.8) is 0 Å². The fourth-order valence-electron chi connectivity index (χ4n) is 3.62. The second-order valence-corrected chi connectivity index (χ2v) is 10.3. The Kier molecular flexibility index (Phi) is 6.48. The smallest absolute Gasteiger partial charge is 0.192 e. The minimum atomic E-state index is -1.15. The van der Waals surface area contributed by atoms with Crippen LogP contribution in [0.25, 0.3) is 11.1 Å². The molecular formula is C25H29NOSi. The summed E-state index contributed by atoms with van der Waals surface area (Å²) in [7, 11) is -1.15. The van der Waals surface area contributed by atoms with Crippen molar-refractivity contribution in [3.05, 3.63) is 83.9 Å². The fraction of sp³-hybridized carbons (Fsp3) is 0.240. The van der Waals surface area contributed by atoms with E-state index in [1.54, 1.807) is 0 Å². The lowest BCUT2D eigenvalue weighted by Gasteiger charge is -2.23. The number of rotatable bonds is 7. The third-order valence-electron chi connectivity index (χ3n) is 5.28. The van der Waals surface area contributed by atoms with E-state index in [1.807, 2.05) is 48.5 Å². The van der Waals surface area contributed by atoms with Gasteiger partial charge in [-0.1, -0.05) is 72.9 Å². The van der Waals surface area contributed by atoms with Crippen molar-refractivity contribution in [2.45, 2.75) is 26.9 Å². The van der Waals surface area contributed by atoms with Gasteiger partial charge in [-0.05, 0) is 43.2 Å². The van der Waals surface area contributed by atoms with Crippen LogP contribution in [-0.4, -0.2) is 27.7 Å². The van der Waals surface area contributed by atoms with Gasteiger partial charge in [-0.3, -0.25) is 4.79 Å². The zero-order chi connectivity index (χ0) is 20.1. The summed E-state index contributed by atoms with van der Waals surface area (Å²) in [6, 6.07) is 24.6. The normalized spacial score (nSPS) is 10.9. The van der Waals surface area contributed by atoms with Gasteiger partial charge in [0.15, 0.2) is 5.78 Å². The van der Waals surface area contributed by atoms with Crippen LogP contribution >= 0.6 is 0 Å². The van der Waals surface area contributed by atoms with Crippen LogP contribution in [0.4, 0.5) is 5.69 Å². The van der Waals surface area contributed by atoms with E-state index in [2.05, 4.69) is 56.1 Å². The maximum Gasteiger partial charge on any atom is 0.192 e. The first-order valence-corrected chi connectivity index (χ1v) is 13.0. The molecule has 0 bridgehead atoms. The number of ketones is 1. The van der Waals surface area contributed by atoms with Crippen LogP contribution < -0.4 is 10.1 Å². The van der Waals surface area contributed by atoms with Gasteiger partial charge in [-0.15, -0.1) is 0 Å². The molecule has 0 fully saturated rings. The van der Waals surface area contributed by atoms with Crippen molar-refractivity contribution in [1.29, 1.82) is 0 Å². The van der Waals surface area contributed by atoms with Gasteiger partial charge in [0.05, 0.1) is 8.80 Å². The second kappa shape index (κ2) is 9.02. The third kappa shape index (κ3) is 4.25. The van der Waals surface area contributed by atoms with Gasteiger partial charge in [-0.2, -0.15) is 0 Å². The minimum absolute atomic E-state index is 0.127. The molecule has 0 amide bonds. The average Bonchev–Trinajstić information content (AvgIpc) is 2.75. The summed E-state index contributed by atoms with van der Waals surface area (Å²) in [5.74, 6) is 0.127. The number of nitrogens with zero attached hydrogens (tertiary/aromatic N) is 1. The average molecular weight is 388 g/mol. The molecule has 144 valence electrons. The first kappa shape index (κ1) is 20.1. The van der Waals surface area contributed by atoms with Crippen LogP contribution in [0.5, 0.6) is 0 Å². The Bertz CT molecular complexity index is 929. The molecule has 0 aromatic heterocycles. The van der Waals surface area contributed by atoms with E-state index in [0.717, 1.165) is 29.8 Å². The summed E-state index contributed by atoms with van der Waals surface area (Å²) in [6.45, 7) is 10.9. The lowest BCUT2D eigenvalue weighted by molar-refractivity contribution is 0.104. The molecule has 3 aromatic carbocycles. The Morgan fingerprint density at radius 3 is 2.00 bits per heavy atom. The van der Waals surface area contributed by atoms with Crippen molar-refractivity contribution in [2.24, 2.45) is 0 Å². The van der Waals surface area contributed by atoms with Crippen molar-refractivity contribution in [2.75, 3.05) is 18.0 Å². The molecule has 0 saturated carbocycles. The van der Waals surface area contributed by atoms with E-state index in [1.165, 1.54) is 16.4 Å². The monoisotopic (exact) mass is 387 g/mol. The van der Waals surface area contributed by atoms with Gasteiger partial charge in [0.2, 0.25) is 0 Å². The number of anilines is 1. The molecule has 0 heterocycles. The lowest BCUT2D eigenvalue weighted by Crippen LogP contribution is -2.31. The Balaban J connectivity index is 1.93. The minimum Gasteiger partial charge on any atom is -0.372 e. The molecule has 0 N–H and O–H groups in total. The zero-order valence-corrected chi connectivity index (χ0v) is 18.4. The summed E-state index contributed by atoms with van der Waals surface area (Å²) in [5, 5.41) is 1.25. The molecule has 0 atom stereocenters. The summed E-state index contributed by atoms with van der Waals surface area (Å²) in [5.41, 5.74) is 5.14. The molecule has 3 heteroatoms. The van der Waals surface area contributed by atoms with E-state index in [9.17, 15) is 4.79 Å². The van der Waals surface area contributed by atoms with Crippen molar-refractivity contribution >= 4 is 25.5 Å². The number of hydrogen-bond donors (Lipinski definition) is 0. The van der Waals surface area contributed by atoms with Crippen molar-refractivity contribution < 1.29 is 4.79 Å². The lowest BCUT2D eigenvalue weighted by atomic mass is 9.99. The van der Waals surface area contributed by atoms with Crippen LogP contribution in [0.3, 0.4) is 0 Å². The summed E-state index contributed by atoms with van der Waals surface area (Å²) in [4.78, 5) is 15.6. The highest BCUT2D eigenvalue weighted by Gasteiger charge is 2.18. The quantitative estimate of drug-likeness (QED) is 0.414. The van der Waals surface area contributed by atoms with Crippen LogP contribution in [0, 0.1) is 0 Å². The largest absolute Gasteiger partial charge is 0.372 e. The van der Waals surface area contributed by atoms with E-state index < -0.39 is 8.80 Å². The molecular weight excluding hydrogens is 358 g/mol. The van der Waals surface area contributed by atoms with Crippen molar-refractivity contribution in [3.8, 4) is 11.1 Å². The topological polar surface area (TPSA) is 20.3 Å². The number of carbonyl (C=O) groups is 1. The van der Waals surface area contributed by atoms with Gasteiger partial charge < -0.3 is 4.90 Å². The molecule has 0 aliphatic carbocycles. The SMILES string of the molecule is CCN(CC)c1ccc(C(=O)c2ccc(-c3ccccc3)cc2)c([SiH](C)C)c1. The number of carbonyl (C=O) groups excluding carboxylic acids is 1. The third-order valence-corrected chi connectivity index (χ3v) is 7.01. The van der Waals surface area contributed by atoms with Gasteiger partial charge in [0, 0.05) is 29.9 Å². The molecule has 0 radical (unpaired) electrons. The summed E-state index contributed by atoms with van der Waals surface area (Å²) in [6.07, 6.45) is 0. The van der Waals surface area contributed by atoms with E-state index in [0.29, 0.717) is 0 Å². The Morgan fingerprint density at radius 2 is 1.43 bits per heavy atom. The van der Waals surface area contributed by atoms with Gasteiger partial charge in [0.1, 0.15) is 0 Å². The predicted molar refractivity (Wildman–Crippen MR) is 124 cm³/mol. The maximum absolute atomic E-state index is 13.2. The highest BCUT2D eigenvalue weighted by atomic mass is 28.3.